The van der Waals surface area contributed by atoms with Crippen LogP contribution in [0.2, 0.25) is 0 Å². The SMILES string of the molecule is Cc1ccc(S(=O)(=O)NC[C@@H]2CCCNC2)c(C)c1. The van der Waals surface area contributed by atoms with Gasteiger partial charge >= 0.3 is 0 Å². The number of sulfonamides is 1. The van der Waals surface area contributed by atoms with Crippen LogP contribution in [0.5, 0.6) is 0 Å². The van der Waals surface area contributed by atoms with Crippen molar-refractivity contribution in [3.05, 3.63) is 29.3 Å². The van der Waals surface area contributed by atoms with Crippen LogP contribution in [0.15, 0.2) is 23.1 Å². The van der Waals surface area contributed by atoms with Crippen LogP contribution in [0.1, 0.15) is 24.0 Å². The number of piperidine rings is 1. The molecule has 2 N–H and O–H groups in total. The molecule has 4 nitrogen and oxygen atoms in total. The van der Waals surface area contributed by atoms with Gasteiger partial charge in [-0.15, -0.1) is 0 Å². The average molecular weight is 282 g/mol. The van der Waals surface area contributed by atoms with E-state index in [1.54, 1.807) is 6.07 Å². The molecule has 1 heterocycles. The third-order valence-electron chi connectivity index (χ3n) is 3.58. The second-order valence-corrected chi connectivity index (χ2v) is 7.07. The zero-order chi connectivity index (χ0) is 13.9. The molecule has 1 aromatic carbocycles. The Hall–Kier alpha value is -0.910. The fourth-order valence-electron chi connectivity index (χ4n) is 2.50. The Morgan fingerprint density at radius 2 is 2.16 bits per heavy atom. The van der Waals surface area contributed by atoms with Gasteiger partial charge in [-0.2, -0.15) is 0 Å². The van der Waals surface area contributed by atoms with Crippen molar-refractivity contribution in [2.24, 2.45) is 5.92 Å². The predicted octanol–water partition coefficient (Wildman–Crippen LogP) is 1.58. The molecule has 0 unspecified atom stereocenters. The predicted molar refractivity (Wildman–Crippen MR) is 76.7 cm³/mol. The molecule has 1 saturated heterocycles. The zero-order valence-electron chi connectivity index (χ0n) is 11.6. The van der Waals surface area contributed by atoms with Crippen LogP contribution in [0.4, 0.5) is 0 Å². The monoisotopic (exact) mass is 282 g/mol. The summed E-state index contributed by atoms with van der Waals surface area (Å²) in [6, 6.07) is 5.42. The van der Waals surface area contributed by atoms with Gasteiger partial charge < -0.3 is 5.32 Å². The molecule has 2 rings (SSSR count). The molecule has 0 bridgehead atoms. The van der Waals surface area contributed by atoms with Crippen LogP contribution in [-0.2, 0) is 10.0 Å². The molecule has 0 amide bonds. The lowest BCUT2D eigenvalue weighted by molar-refractivity contribution is 0.376. The third kappa shape index (κ3) is 3.78. The van der Waals surface area contributed by atoms with E-state index in [9.17, 15) is 8.42 Å². The summed E-state index contributed by atoms with van der Waals surface area (Å²) in [6.07, 6.45) is 2.21. The molecule has 5 heteroatoms. The van der Waals surface area contributed by atoms with E-state index >= 15 is 0 Å². The van der Waals surface area contributed by atoms with E-state index in [4.69, 9.17) is 0 Å². The van der Waals surface area contributed by atoms with Crippen molar-refractivity contribution in [1.29, 1.82) is 0 Å². The summed E-state index contributed by atoms with van der Waals surface area (Å²) >= 11 is 0. The smallest absolute Gasteiger partial charge is 0.240 e. The van der Waals surface area contributed by atoms with Gasteiger partial charge in [-0.3, -0.25) is 0 Å². The van der Waals surface area contributed by atoms with Crippen LogP contribution >= 0.6 is 0 Å². The minimum Gasteiger partial charge on any atom is -0.316 e. The van der Waals surface area contributed by atoms with Crippen molar-refractivity contribution >= 4 is 10.0 Å². The highest BCUT2D eigenvalue weighted by atomic mass is 32.2. The van der Waals surface area contributed by atoms with Gasteiger partial charge in [-0.25, -0.2) is 13.1 Å². The molecule has 0 radical (unpaired) electrons. The molecule has 106 valence electrons. The van der Waals surface area contributed by atoms with E-state index in [0.717, 1.165) is 37.1 Å². The Morgan fingerprint density at radius 3 is 2.79 bits per heavy atom. The molecular weight excluding hydrogens is 260 g/mol. The Morgan fingerprint density at radius 1 is 1.37 bits per heavy atom. The number of hydrogen-bond acceptors (Lipinski definition) is 3. The molecular formula is C14H22N2O2S. The topological polar surface area (TPSA) is 58.2 Å². The maximum absolute atomic E-state index is 12.3. The van der Waals surface area contributed by atoms with Crippen molar-refractivity contribution in [2.45, 2.75) is 31.6 Å². The van der Waals surface area contributed by atoms with Crippen molar-refractivity contribution in [3.8, 4) is 0 Å². The lowest BCUT2D eigenvalue weighted by Crippen LogP contribution is -2.38. The normalized spacial score (nSPS) is 20.4. The maximum Gasteiger partial charge on any atom is 0.240 e. The second kappa shape index (κ2) is 6.03. The molecule has 1 atom stereocenters. The summed E-state index contributed by atoms with van der Waals surface area (Å²) < 4.78 is 27.3. The molecule has 0 aliphatic carbocycles. The van der Waals surface area contributed by atoms with Crippen molar-refractivity contribution in [3.63, 3.8) is 0 Å². The number of nitrogens with one attached hydrogen (secondary N) is 2. The van der Waals surface area contributed by atoms with E-state index in [-0.39, 0.29) is 0 Å². The Balaban J connectivity index is 2.05. The number of hydrogen-bond donors (Lipinski definition) is 2. The second-order valence-electron chi connectivity index (χ2n) is 5.33. The van der Waals surface area contributed by atoms with Crippen LogP contribution in [-0.4, -0.2) is 28.1 Å². The first-order valence-corrected chi connectivity index (χ1v) is 8.25. The first-order chi connectivity index (χ1) is 8.99. The highest BCUT2D eigenvalue weighted by Crippen LogP contribution is 2.17. The molecule has 1 aromatic rings. The Bertz CT molecular complexity index is 534. The summed E-state index contributed by atoms with van der Waals surface area (Å²) in [4.78, 5) is 0.391. The highest BCUT2D eigenvalue weighted by Gasteiger charge is 2.19. The lowest BCUT2D eigenvalue weighted by atomic mass is 10.0. The molecule has 1 fully saturated rings. The van der Waals surface area contributed by atoms with E-state index in [0.29, 0.717) is 17.4 Å². The number of aryl methyl sites for hydroxylation is 2. The van der Waals surface area contributed by atoms with E-state index in [1.807, 2.05) is 26.0 Å². The summed E-state index contributed by atoms with van der Waals surface area (Å²) in [5, 5.41) is 3.29. The van der Waals surface area contributed by atoms with Gasteiger partial charge in [0, 0.05) is 6.54 Å². The van der Waals surface area contributed by atoms with Crippen LogP contribution in [0.3, 0.4) is 0 Å². The summed E-state index contributed by atoms with van der Waals surface area (Å²) in [7, 11) is -3.38. The lowest BCUT2D eigenvalue weighted by Gasteiger charge is -2.23. The molecule has 1 aliphatic heterocycles. The standard InChI is InChI=1S/C14H22N2O2S/c1-11-5-6-14(12(2)8-11)19(17,18)16-10-13-4-3-7-15-9-13/h5-6,8,13,15-16H,3-4,7,9-10H2,1-2H3/t13-/m1/s1. The molecule has 0 aromatic heterocycles. The van der Waals surface area contributed by atoms with E-state index in [1.165, 1.54) is 0 Å². The van der Waals surface area contributed by atoms with Gasteiger partial charge in [0.15, 0.2) is 0 Å². The third-order valence-corrected chi connectivity index (χ3v) is 5.16. The van der Waals surface area contributed by atoms with E-state index < -0.39 is 10.0 Å². The van der Waals surface area contributed by atoms with Gasteiger partial charge in [0.05, 0.1) is 4.90 Å². The van der Waals surface area contributed by atoms with Gasteiger partial charge in [-0.1, -0.05) is 17.7 Å². The molecule has 0 spiro atoms. The molecule has 0 saturated carbocycles. The van der Waals surface area contributed by atoms with Gasteiger partial charge in [0.25, 0.3) is 0 Å². The minimum atomic E-state index is -3.38. The van der Waals surface area contributed by atoms with Crippen LogP contribution in [0.25, 0.3) is 0 Å². The van der Waals surface area contributed by atoms with Crippen molar-refractivity contribution in [1.82, 2.24) is 10.0 Å². The fourth-order valence-corrected chi connectivity index (χ4v) is 3.84. The first-order valence-electron chi connectivity index (χ1n) is 6.77. The van der Waals surface area contributed by atoms with Crippen LogP contribution < -0.4 is 10.0 Å². The van der Waals surface area contributed by atoms with Gasteiger partial charge in [0.2, 0.25) is 10.0 Å². The van der Waals surface area contributed by atoms with Crippen LogP contribution in [0, 0.1) is 19.8 Å². The average Bonchev–Trinajstić information content (AvgIpc) is 2.37. The Kier molecular flexibility index (Phi) is 4.60. The largest absolute Gasteiger partial charge is 0.316 e. The Labute approximate surface area is 115 Å². The quantitative estimate of drug-likeness (QED) is 0.881. The number of rotatable bonds is 4. The highest BCUT2D eigenvalue weighted by molar-refractivity contribution is 7.89. The van der Waals surface area contributed by atoms with E-state index in [2.05, 4.69) is 10.0 Å². The first kappa shape index (κ1) is 14.5. The van der Waals surface area contributed by atoms with Crippen molar-refractivity contribution in [2.75, 3.05) is 19.6 Å². The summed E-state index contributed by atoms with van der Waals surface area (Å²) in [6.45, 7) is 6.26. The number of benzene rings is 1. The maximum atomic E-state index is 12.3. The molecule has 19 heavy (non-hydrogen) atoms. The summed E-state index contributed by atoms with van der Waals surface area (Å²) in [5.74, 6) is 0.397. The fraction of sp³-hybridized carbons (Fsp3) is 0.571. The van der Waals surface area contributed by atoms with Gasteiger partial charge in [0.1, 0.15) is 0 Å². The molecule has 1 aliphatic rings. The minimum absolute atomic E-state index is 0.391. The van der Waals surface area contributed by atoms with Crippen molar-refractivity contribution < 1.29 is 8.42 Å². The van der Waals surface area contributed by atoms with Gasteiger partial charge in [-0.05, 0) is 57.3 Å². The zero-order valence-corrected chi connectivity index (χ0v) is 12.4. The summed E-state index contributed by atoms with van der Waals surface area (Å²) in [5.41, 5.74) is 1.88.